The summed E-state index contributed by atoms with van der Waals surface area (Å²) in [6.45, 7) is -1.02. The van der Waals surface area contributed by atoms with E-state index in [1.807, 2.05) is 0 Å². The summed E-state index contributed by atoms with van der Waals surface area (Å²) in [7, 11) is 0. The average Bonchev–Trinajstić information content (AvgIpc) is 2.30. The standard InChI is InChI=1S/C10H5Cl2F3N2O3/c11-7-1-6(17(18)19)2-8(12)9(7)20-4-5(3-16)10(13,14)15/h1-2,5H,4H2. The van der Waals surface area contributed by atoms with Crippen molar-refractivity contribution in [2.75, 3.05) is 6.61 Å². The number of nitro groups is 1. The highest BCUT2D eigenvalue weighted by atomic mass is 35.5. The smallest absolute Gasteiger partial charge is 0.407 e. The number of halogens is 5. The van der Waals surface area contributed by atoms with Crippen molar-refractivity contribution in [1.82, 2.24) is 0 Å². The summed E-state index contributed by atoms with van der Waals surface area (Å²) in [6, 6.07) is 2.81. The zero-order valence-electron chi connectivity index (χ0n) is 9.45. The third kappa shape index (κ3) is 3.88. The van der Waals surface area contributed by atoms with Gasteiger partial charge in [-0.3, -0.25) is 10.1 Å². The predicted molar refractivity (Wildman–Crippen MR) is 63.8 cm³/mol. The highest BCUT2D eigenvalue weighted by Crippen LogP contribution is 2.37. The molecule has 1 unspecified atom stereocenters. The van der Waals surface area contributed by atoms with E-state index < -0.39 is 29.3 Å². The normalized spacial score (nSPS) is 12.6. The number of hydrogen-bond acceptors (Lipinski definition) is 4. The summed E-state index contributed by atoms with van der Waals surface area (Å²) in [4.78, 5) is 9.75. The molecule has 0 aliphatic rings. The summed E-state index contributed by atoms with van der Waals surface area (Å²) in [5, 5.41) is 18.3. The number of hydrogen-bond donors (Lipinski definition) is 0. The van der Waals surface area contributed by atoms with Crippen LogP contribution in [-0.4, -0.2) is 17.7 Å². The van der Waals surface area contributed by atoms with E-state index in [0.717, 1.165) is 18.2 Å². The highest BCUT2D eigenvalue weighted by Gasteiger charge is 2.40. The highest BCUT2D eigenvalue weighted by molar-refractivity contribution is 6.37. The van der Waals surface area contributed by atoms with Crippen molar-refractivity contribution in [3.63, 3.8) is 0 Å². The van der Waals surface area contributed by atoms with Crippen LogP contribution in [-0.2, 0) is 0 Å². The second-order valence-corrected chi connectivity index (χ2v) is 4.34. The van der Waals surface area contributed by atoms with Gasteiger partial charge >= 0.3 is 6.18 Å². The first-order valence-electron chi connectivity index (χ1n) is 4.89. The van der Waals surface area contributed by atoms with Gasteiger partial charge in [-0.1, -0.05) is 23.2 Å². The molecule has 0 bridgehead atoms. The molecule has 0 amide bonds. The number of ether oxygens (including phenoxy) is 1. The maximum atomic E-state index is 12.3. The lowest BCUT2D eigenvalue weighted by Crippen LogP contribution is -2.27. The summed E-state index contributed by atoms with van der Waals surface area (Å²) in [6.07, 6.45) is -4.76. The molecule has 1 atom stereocenters. The summed E-state index contributed by atoms with van der Waals surface area (Å²) in [5.41, 5.74) is -0.431. The topological polar surface area (TPSA) is 76.2 Å². The Morgan fingerprint density at radius 2 is 1.90 bits per heavy atom. The van der Waals surface area contributed by atoms with Gasteiger partial charge in [-0.05, 0) is 0 Å². The Bertz CT molecular complexity index is 549. The molecule has 10 heteroatoms. The number of non-ortho nitro benzene ring substituents is 1. The lowest BCUT2D eigenvalue weighted by Gasteiger charge is -2.15. The molecule has 108 valence electrons. The Morgan fingerprint density at radius 3 is 2.25 bits per heavy atom. The molecule has 0 aromatic heterocycles. The molecule has 0 saturated carbocycles. The van der Waals surface area contributed by atoms with Crippen LogP contribution in [0.2, 0.25) is 10.0 Å². The van der Waals surface area contributed by atoms with Crippen LogP contribution in [0.15, 0.2) is 12.1 Å². The van der Waals surface area contributed by atoms with Crippen LogP contribution in [0.4, 0.5) is 18.9 Å². The number of nitro benzene ring substituents is 1. The number of nitriles is 1. The van der Waals surface area contributed by atoms with E-state index in [0.29, 0.717) is 0 Å². The minimum absolute atomic E-state index is 0.317. The molecule has 0 heterocycles. The van der Waals surface area contributed by atoms with Crippen molar-refractivity contribution in [3.8, 4) is 11.8 Å². The van der Waals surface area contributed by atoms with Gasteiger partial charge in [0.25, 0.3) is 5.69 Å². The van der Waals surface area contributed by atoms with Crippen LogP contribution in [0.1, 0.15) is 0 Å². The van der Waals surface area contributed by atoms with Gasteiger partial charge in [0.1, 0.15) is 6.61 Å². The van der Waals surface area contributed by atoms with E-state index >= 15 is 0 Å². The Hall–Kier alpha value is -1.72. The molecule has 0 radical (unpaired) electrons. The minimum atomic E-state index is -4.76. The Morgan fingerprint density at radius 1 is 1.40 bits per heavy atom. The molecule has 0 aliphatic heterocycles. The van der Waals surface area contributed by atoms with Crippen molar-refractivity contribution >= 4 is 28.9 Å². The molecule has 1 aromatic rings. The third-order valence-electron chi connectivity index (χ3n) is 2.14. The Balaban J connectivity index is 2.95. The molecule has 1 rings (SSSR count). The van der Waals surface area contributed by atoms with Crippen molar-refractivity contribution in [1.29, 1.82) is 5.26 Å². The summed E-state index contributed by atoms with van der Waals surface area (Å²) >= 11 is 11.3. The van der Waals surface area contributed by atoms with Crippen LogP contribution >= 0.6 is 23.2 Å². The van der Waals surface area contributed by atoms with Gasteiger partial charge in [0, 0.05) is 12.1 Å². The maximum Gasteiger partial charge on any atom is 0.407 e. The fraction of sp³-hybridized carbons (Fsp3) is 0.300. The Kier molecular flexibility index (Phi) is 5.03. The lowest BCUT2D eigenvalue weighted by atomic mass is 10.2. The first-order valence-corrected chi connectivity index (χ1v) is 5.65. The summed E-state index contributed by atoms with van der Waals surface area (Å²) < 4.78 is 41.8. The first-order chi connectivity index (χ1) is 9.16. The van der Waals surface area contributed by atoms with Crippen molar-refractivity contribution in [3.05, 3.63) is 32.3 Å². The average molecular weight is 329 g/mol. The molecular weight excluding hydrogens is 324 g/mol. The second-order valence-electron chi connectivity index (χ2n) is 3.53. The fourth-order valence-electron chi connectivity index (χ4n) is 1.16. The molecule has 5 nitrogen and oxygen atoms in total. The van der Waals surface area contributed by atoms with Crippen molar-refractivity contribution < 1.29 is 22.8 Å². The van der Waals surface area contributed by atoms with E-state index in [1.54, 1.807) is 0 Å². The molecule has 0 spiro atoms. The first kappa shape index (κ1) is 16.3. The SMILES string of the molecule is N#CC(COc1c(Cl)cc([N+](=O)[O-])cc1Cl)C(F)(F)F. The van der Waals surface area contributed by atoms with Crippen molar-refractivity contribution in [2.24, 2.45) is 5.92 Å². The van der Waals surface area contributed by atoms with Crippen LogP contribution in [0.5, 0.6) is 5.75 Å². The van der Waals surface area contributed by atoms with E-state index in [9.17, 15) is 23.3 Å². The van der Waals surface area contributed by atoms with Crippen LogP contribution < -0.4 is 4.74 Å². The molecule has 1 aromatic carbocycles. The van der Waals surface area contributed by atoms with Gasteiger partial charge in [0.05, 0.1) is 21.0 Å². The third-order valence-corrected chi connectivity index (χ3v) is 2.70. The minimum Gasteiger partial charge on any atom is -0.489 e. The fourth-order valence-corrected chi connectivity index (χ4v) is 1.75. The van der Waals surface area contributed by atoms with Gasteiger partial charge in [0.2, 0.25) is 0 Å². The second kappa shape index (κ2) is 6.15. The zero-order chi connectivity index (χ0) is 15.5. The number of nitrogens with zero attached hydrogens (tertiary/aromatic N) is 2. The van der Waals surface area contributed by atoms with Crippen LogP contribution in [0.3, 0.4) is 0 Å². The zero-order valence-corrected chi connectivity index (χ0v) is 11.0. The van der Waals surface area contributed by atoms with Crippen LogP contribution in [0, 0.1) is 27.4 Å². The molecule has 0 N–H and O–H groups in total. The maximum absolute atomic E-state index is 12.3. The van der Waals surface area contributed by atoms with Gasteiger partial charge < -0.3 is 4.74 Å². The Labute approximate surface area is 120 Å². The molecule has 0 saturated heterocycles. The summed E-state index contributed by atoms with van der Waals surface area (Å²) in [5.74, 6) is -2.70. The molecule has 0 aliphatic carbocycles. The quantitative estimate of drug-likeness (QED) is 0.618. The molecule has 0 fully saturated rings. The van der Waals surface area contributed by atoms with Gasteiger partial charge in [-0.2, -0.15) is 18.4 Å². The van der Waals surface area contributed by atoms with Gasteiger partial charge in [0.15, 0.2) is 11.7 Å². The predicted octanol–water partition coefficient (Wildman–Crippen LogP) is 3.98. The van der Waals surface area contributed by atoms with Crippen molar-refractivity contribution in [2.45, 2.75) is 6.18 Å². The number of rotatable bonds is 4. The molecular formula is C10H5Cl2F3N2O3. The van der Waals surface area contributed by atoms with Gasteiger partial charge in [-0.25, -0.2) is 0 Å². The largest absolute Gasteiger partial charge is 0.489 e. The van der Waals surface area contributed by atoms with E-state index in [4.69, 9.17) is 33.2 Å². The number of benzene rings is 1. The van der Waals surface area contributed by atoms with E-state index in [-0.39, 0.29) is 15.8 Å². The monoisotopic (exact) mass is 328 g/mol. The van der Waals surface area contributed by atoms with Crippen LogP contribution in [0.25, 0.3) is 0 Å². The lowest BCUT2D eigenvalue weighted by molar-refractivity contribution is -0.384. The molecule has 20 heavy (non-hydrogen) atoms. The van der Waals surface area contributed by atoms with E-state index in [2.05, 4.69) is 0 Å². The van der Waals surface area contributed by atoms with E-state index in [1.165, 1.54) is 0 Å². The van der Waals surface area contributed by atoms with Gasteiger partial charge in [-0.15, -0.1) is 0 Å². The number of alkyl halides is 3.